The molecule has 0 atom stereocenters. The van der Waals surface area contributed by atoms with Crippen molar-refractivity contribution in [3.8, 4) is 5.75 Å². The van der Waals surface area contributed by atoms with Crippen LogP contribution in [0.1, 0.15) is 28.8 Å². The van der Waals surface area contributed by atoms with Crippen LogP contribution in [0.5, 0.6) is 5.75 Å². The number of ether oxygens (including phenoxy) is 1. The van der Waals surface area contributed by atoms with Crippen LogP contribution in [0.4, 0.5) is 11.5 Å². The molecule has 4 rings (SSSR count). The minimum Gasteiger partial charge on any atom is -0.495 e. The molecule has 5 heteroatoms. The van der Waals surface area contributed by atoms with Gasteiger partial charge in [-0.05, 0) is 42.7 Å². The van der Waals surface area contributed by atoms with Gasteiger partial charge in [-0.2, -0.15) is 0 Å². The monoisotopic (exact) mass is 389 g/mol. The fourth-order valence-corrected chi connectivity index (χ4v) is 4.18. The first kappa shape index (κ1) is 18.4. The number of aryl methyl sites for hydroxylation is 2. The van der Waals surface area contributed by atoms with Gasteiger partial charge < -0.3 is 10.1 Å². The highest BCUT2D eigenvalue weighted by molar-refractivity contribution is 7.18. The van der Waals surface area contributed by atoms with Crippen molar-refractivity contribution in [3.63, 3.8) is 0 Å². The van der Waals surface area contributed by atoms with E-state index in [0.29, 0.717) is 6.42 Å². The number of aromatic nitrogens is 2. The van der Waals surface area contributed by atoms with Crippen LogP contribution in [0, 0.1) is 6.92 Å². The third kappa shape index (κ3) is 3.85. The number of nitrogens with zero attached hydrogens (tertiary/aromatic N) is 2. The molecule has 142 valence electrons. The molecule has 0 amide bonds. The summed E-state index contributed by atoms with van der Waals surface area (Å²) in [5.74, 6) is 2.45. The average molecular weight is 390 g/mol. The molecule has 0 aliphatic heterocycles. The minimum atomic E-state index is 0.704. The van der Waals surface area contributed by atoms with Gasteiger partial charge in [0, 0.05) is 11.3 Å². The Hall–Kier alpha value is -2.92. The number of hydrogen-bond donors (Lipinski definition) is 1. The van der Waals surface area contributed by atoms with Crippen LogP contribution in [0.15, 0.2) is 54.6 Å². The largest absolute Gasteiger partial charge is 0.495 e. The third-order valence-electron chi connectivity index (χ3n) is 4.65. The molecule has 0 aliphatic rings. The second-order valence-electron chi connectivity index (χ2n) is 6.76. The Kier molecular flexibility index (Phi) is 5.26. The average Bonchev–Trinajstić information content (AvgIpc) is 3.12. The summed E-state index contributed by atoms with van der Waals surface area (Å²) in [6.07, 6.45) is 1.69. The molecule has 2 aromatic heterocycles. The standard InChI is InChI=1S/C23H23N3OS/c1-4-17-14-18-22(24-19-12-15(2)10-11-20(19)27-3)25-21(26-23(18)28-17)13-16-8-6-5-7-9-16/h5-12,14H,4,13H2,1-3H3,(H,24,25,26). The Morgan fingerprint density at radius 1 is 1.04 bits per heavy atom. The lowest BCUT2D eigenvalue weighted by molar-refractivity contribution is 0.416. The number of methoxy groups -OCH3 is 1. The number of fused-ring (bicyclic) bond motifs is 1. The van der Waals surface area contributed by atoms with Crippen LogP contribution in [0.3, 0.4) is 0 Å². The van der Waals surface area contributed by atoms with E-state index in [4.69, 9.17) is 14.7 Å². The number of thiophene rings is 1. The van der Waals surface area contributed by atoms with Crippen molar-refractivity contribution in [3.05, 3.63) is 76.4 Å². The van der Waals surface area contributed by atoms with Crippen LogP contribution in [0.2, 0.25) is 0 Å². The molecule has 0 spiro atoms. The van der Waals surface area contributed by atoms with Gasteiger partial charge in [0.15, 0.2) is 0 Å². The summed E-state index contributed by atoms with van der Waals surface area (Å²) in [4.78, 5) is 12.0. The number of hydrogen-bond acceptors (Lipinski definition) is 5. The molecule has 0 bridgehead atoms. The van der Waals surface area contributed by atoms with E-state index in [9.17, 15) is 0 Å². The molecule has 1 N–H and O–H groups in total. The van der Waals surface area contributed by atoms with Gasteiger partial charge in [-0.3, -0.25) is 0 Å². The molecule has 0 saturated carbocycles. The first-order chi connectivity index (χ1) is 13.7. The van der Waals surface area contributed by atoms with Crippen molar-refractivity contribution in [2.75, 3.05) is 12.4 Å². The van der Waals surface area contributed by atoms with Gasteiger partial charge in [-0.1, -0.05) is 43.3 Å². The summed E-state index contributed by atoms with van der Waals surface area (Å²) < 4.78 is 5.53. The van der Waals surface area contributed by atoms with E-state index < -0.39 is 0 Å². The predicted molar refractivity (Wildman–Crippen MR) is 117 cm³/mol. The smallest absolute Gasteiger partial charge is 0.143 e. The van der Waals surface area contributed by atoms with E-state index >= 15 is 0 Å². The maximum absolute atomic E-state index is 5.53. The molecule has 0 radical (unpaired) electrons. The normalized spacial score (nSPS) is 11.0. The van der Waals surface area contributed by atoms with Gasteiger partial charge in [-0.15, -0.1) is 11.3 Å². The molecule has 4 aromatic rings. The summed E-state index contributed by atoms with van der Waals surface area (Å²) in [5.41, 5.74) is 3.28. The summed E-state index contributed by atoms with van der Waals surface area (Å²) in [6.45, 7) is 4.24. The molecule has 0 unspecified atom stereocenters. The lowest BCUT2D eigenvalue weighted by Crippen LogP contribution is -2.03. The van der Waals surface area contributed by atoms with Gasteiger partial charge >= 0.3 is 0 Å². The number of benzene rings is 2. The Morgan fingerprint density at radius 2 is 1.86 bits per heavy atom. The van der Waals surface area contributed by atoms with E-state index in [1.165, 1.54) is 10.4 Å². The van der Waals surface area contributed by atoms with Gasteiger partial charge in [0.25, 0.3) is 0 Å². The van der Waals surface area contributed by atoms with Crippen LogP contribution in [0.25, 0.3) is 10.2 Å². The summed E-state index contributed by atoms with van der Waals surface area (Å²) >= 11 is 1.74. The lowest BCUT2D eigenvalue weighted by atomic mass is 10.1. The Bertz CT molecular complexity index is 1110. The topological polar surface area (TPSA) is 47.0 Å². The summed E-state index contributed by atoms with van der Waals surface area (Å²) in [5, 5.41) is 4.56. The molecule has 0 fully saturated rings. The molecular formula is C23H23N3OS. The van der Waals surface area contributed by atoms with Crippen LogP contribution < -0.4 is 10.1 Å². The molecular weight excluding hydrogens is 366 g/mol. The van der Waals surface area contributed by atoms with Crippen LogP contribution >= 0.6 is 11.3 Å². The third-order valence-corrected chi connectivity index (χ3v) is 5.82. The first-order valence-corrected chi connectivity index (χ1v) is 10.2. The highest BCUT2D eigenvalue weighted by Gasteiger charge is 2.14. The first-order valence-electron chi connectivity index (χ1n) is 9.41. The van der Waals surface area contributed by atoms with Gasteiger partial charge in [0.05, 0.1) is 18.2 Å². The second kappa shape index (κ2) is 7.98. The van der Waals surface area contributed by atoms with E-state index in [-0.39, 0.29) is 0 Å². The quantitative estimate of drug-likeness (QED) is 0.446. The number of nitrogens with one attached hydrogen (secondary N) is 1. The van der Waals surface area contributed by atoms with E-state index in [1.807, 2.05) is 30.3 Å². The van der Waals surface area contributed by atoms with Crippen molar-refractivity contribution in [1.82, 2.24) is 9.97 Å². The molecule has 0 saturated heterocycles. The van der Waals surface area contributed by atoms with Crippen LogP contribution in [-0.4, -0.2) is 17.1 Å². The van der Waals surface area contributed by atoms with Crippen molar-refractivity contribution < 1.29 is 4.74 Å². The van der Waals surface area contributed by atoms with Gasteiger partial charge in [0.1, 0.15) is 22.2 Å². The molecule has 0 aliphatic carbocycles. The maximum Gasteiger partial charge on any atom is 0.143 e. The fraction of sp³-hybridized carbons (Fsp3) is 0.217. The van der Waals surface area contributed by atoms with Crippen molar-refractivity contribution in [2.24, 2.45) is 0 Å². The zero-order chi connectivity index (χ0) is 19.5. The summed E-state index contributed by atoms with van der Waals surface area (Å²) in [7, 11) is 1.69. The Labute approximate surface area is 169 Å². The SMILES string of the molecule is CCc1cc2c(Nc3cc(C)ccc3OC)nc(Cc3ccccc3)nc2s1. The lowest BCUT2D eigenvalue weighted by Gasteiger charge is -2.13. The molecule has 2 aromatic carbocycles. The molecule has 28 heavy (non-hydrogen) atoms. The number of rotatable bonds is 6. The van der Waals surface area contributed by atoms with Crippen molar-refractivity contribution >= 4 is 33.1 Å². The molecule has 2 heterocycles. The number of anilines is 2. The zero-order valence-corrected chi connectivity index (χ0v) is 17.1. The van der Waals surface area contributed by atoms with Crippen LogP contribution in [-0.2, 0) is 12.8 Å². The highest BCUT2D eigenvalue weighted by Crippen LogP contribution is 2.34. The Morgan fingerprint density at radius 3 is 2.61 bits per heavy atom. The fourth-order valence-electron chi connectivity index (χ4n) is 3.19. The van der Waals surface area contributed by atoms with E-state index in [1.54, 1.807) is 18.4 Å². The Balaban J connectivity index is 1.79. The van der Waals surface area contributed by atoms with Crippen molar-refractivity contribution in [1.29, 1.82) is 0 Å². The zero-order valence-electron chi connectivity index (χ0n) is 16.3. The molecule has 4 nitrogen and oxygen atoms in total. The van der Waals surface area contributed by atoms with Crippen molar-refractivity contribution in [2.45, 2.75) is 26.7 Å². The second-order valence-corrected chi connectivity index (χ2v) is 7.88. The van der Waals surface area contributed by atoms with Gasteiger partial charge in [-0.25, -0.2) is 9.97 Å². The minimum absolute atomic E-state index is 0.704. The predicted octanol–water partition coefficient (Wildman–Crippen LogP) is 5.91. The highest BCUT2D eigenvalue weighted by atomic mass is 32.1. The maximum atomic E-state index is 5.53. The van der Waals surface area contributed by atoms with E-state index in [0.717, 1.165) is 45.3 Å². The summed E-state index contributed by atoms with van der Waals surface area (Å²) in [6, 6.07) is 18.6. The van der Waals surface area contributed by atoms with E-state index in [2.05, 4.69) is 43.4 Å². The van der Waals surface area contributed by atoms with Gasteiger partial charge in [0.2, 0.25) is 0 Å².